The van der Waals surface area contributed by atoms with Crippen molar-refractivity contribution in [2.24, 2.45) is 5.41 Å². The molecular formula is C14H18Cl2FNO. The highest BCUT2D eigenvalue weighted by Gasteiger charge is 2.31. The standard InChI is InChI=1S/C14H18Cl2FNO/c1-14(3-2-4-14)8-18-7-12(19)13-10(15)5-9(17)6-11(13)16/h5-6,12,18-19H,2-4,7-8H2,1H3. The van der Waals surface area contributed by atoms with Gasteiger partial charge >= 0.3 is 0 Å². The average Bonchev–Trinajstić information content (AvgIpc) is 2.25. The summed E-state index contributed by atoms with van der Waals surface area (Å²) in [5.41, 5.74) is 0.729. The van der Waals surface area contributed by atoms with Crippen LogP contribution < -0.4 is 5.32 Å². The maximum atomic E-state index is 13.1. The number of nitrogens with one attached hydrogen (secondary N) is 1. The predicted molar refractivity (Wildman–Crippen MR) is 76.2 cm³/mol. The minimum absolute atomic E-state index is 0.161. The topological polar surface area (TPSA) is 32.3 Å². The van der Waals surface area contributed by atoms with Gasteiger partial charge in [-0.1, -0.05) is 36.5 Å². The Morgan fingerprint density at radius 1 is 1.37 bits per heavy atom. The third-order valence-corrected chi connectivity index (χ3v) is 4.45. The molecule has 1 saturated carbocycles. The van der Waals surface area contributed by atoms with Gasteiger partial charge in [0.1, 0.15) is 5.82 Å². The quantitative estimate of drug-likeness (QED) is 0.863. The van der Waals surface area contributed by atoms with Crippen molar-refractivity contribution in [3.63, 3.8) is 0 Å². The molecule has 0 saturated heterocycles. The van der Waals surface area contributed by atoms with Crippen LogP contribution in [0.15, 0.2) is 12.1 Å². The summed E-state index contributed by atoms with van der Waals surface area (Å²) in [6.45, 7) is 3.45. The lowest BCUT2D eigenvalue weighted by Gasteiger charge is -2.38. The van der Waals surface area contributed by atoms with E-state index in [1.165, 1.54) is 31.4 Å². The van der Waals surface area contributed by atoms with Gasteiger partial charge in [-0.15, -0.1) is 0 Å². The maximum absolute atomic E-state index is 13.1. The van der Waals surface area contributed by atoms with Gasteiger partial charge in [0.2, 0.25) is 0 Å². The van der Waals surface area contributed by atoms with Crippen molar-refractivity contribution in [3.05, 3.63) is 33.6 Å². The van der Waals surface area contributed by atoms with E-state index in [2.05, 4.69) is 12.2 Å². The largest absolute Gasteiger partial charge is 0.387 e. The van der Waals surface area contributed by atoms with Crippen molar-refractivity contribution < 1.29 is 9.50 Å². The monoisotopic (exact) mass is 305 g/mol. The Morgan fingerprint density at radius 2 is 1.95 bits per heavy atom. The van der Waals surface area contributed by atoms with Gasteiger partial charge in [0.05, 0.1) is 16.1 Å². The fourth-order valence-corrected chi connectivity index (χ4v) is 3.15. The molecule has 0 heterocycles. The molecule has 19 heavy (non-hydrogen) atoms. The summed E-state index contributed by atoms with van der Waals surface area (Å²) in [4.78, 5) is 0. The van der Waals surface area contributed by atoms with Crippen molar-refractivity contribution in [1.29, 1.82) is 0 Å². The number of rotatable bonds is 5. The molecule has 1 fully saturated rings. The van der Waals surface area contributed by atoms with E-state index in [1.807, 2.05) is 0 Å². The lowest BCUT2D eigenvalue weighted by Crippen LogP contribution is -2.38. The van der Waals surface area contributed by atoms with Crippen LogP contribution >= 0.6 is 23.2 Å². The van der Waals surface area contributed by atoms with Crippen molar-refractivity contribution >= 4 is 23.2 Å². The van der Waals surface area contributed by atoms with Crippen LogP contribution in [0.1, 0.15) is 37.9 Å². The van der Waals surface area contributed by atoms with E-state index in [0.717, 1.165) is 6.54 Å². The molecule has 106 valence electrons. The Bertz CT molecular complexity index is 440. The fourth-order valence-electron chi connectivity index (χ4n) is 2.44. The molecule has 0 aromatic heterocycles. The molecule has 0 radical (unpaired) electrons. The predicted octanol–water partition coefficient (Wildman–Crippen LogP) is 3.95. The van der Waals surface area contributed by atoms with Gasteiger partial charge in [-0.3, -0.25) is 0 Å². The number of hydrogen-bond acceptors (Lipinski definition) is 2. The van der Waals surface area contributed by atoms with E-state index in [1.54, 1.807) is 0 Å². The molecule has 0 aliphatic heterocycles. The van der Waals surface area contributed by atoms with Crippen molar-refractivity contribution in [2.75, 3.05) is 13.1 Å². The molecule has 1 aromatic carbocycles. The summed E-state index contributed by atoms with van der Waals surface area (Å²) in [7, 11) is 0. The highest BCUT2D eigenvalue weighted by molar-refractivity contribution is 6.36. The number of benzene rings is 1. The molecule has 2 N–H and O–H groups in total. The molecule has 1 aliphatic rings. The van der Waals surface area contributed by atoms with Gasteiger partial charge < -0.3 is 10.4 Å². The number of aliphatic hydroxyl groups is 1. The Labute approximate surface area is 122 Å². The van der Waals surface area contributed by atoms with Gasteiger partial charge in [0.25, 0.3) is 0 Å². The molecule has 1 aliphatic carbocycles. The van der Waals surface area contributed by atoms with Crippen LogP contribution in [0.2, 0.25) is 10.0 Å². The van der Waals surface area contributed by atoms with Crippen LogP contribution in [0, 0.1) is 11.2 Å². The van der Waals surface area contributed by atoms with Gasteiger partial charge in [0, 0.05) is 18.7 Å². The van der Waals surface area contributed by atoms with Crippen molar-refractivity contribution in [3.8, 4) is 0 Å². The summed E-state index contributed by atoms with van der Waals surface area (Å²) in [6.07, 6.45) is 2.88. The molecule has 2 rings (SSSR count). The van der Waals surface area contributed by atoms with E-state index in [4.69, 9.17) is 23.2 Å². The second-order valence-electron chi connectivity index (χ2n) is 5.59. The Balaban J connectivity index is 1.94. The molecule has 1 atom stereocenters. The van der Waals surface area contributed by atoms with E-state index >= 15 is 0 Å². The molecule has 0 bridgehead atoms. The zero-order valence-electron chi connectivity index (χ0n) is 10.8. The first-order chi connectivity index (χ1) is 8.91. The second-order valence-corrected chi connectivity index (χ2v) is 6.41. The van der Waals surface area contributed by atoms with Gasteiger partial charge in [-0.05, 0) is 30.4 Å². The van der Waals surface area contributed by atoms with E-state index in [-0.39, 0.29) is 10.0 Å². The molecule has 5 heteroatoms. The third-order valence-electron chi connectivity index (χ3n) is 3.83. The smallest absolute Gasteiger partial charge is 0.126 e. The Hall–Kier alpha value is -0.350. The number of aliphatic hydroxyl groups excluding tert-OH is 1. The van der Waals surface area contributed by atoms with Gasteiger partial charge in [-0.25, -0.2) is 4.39 Å². The summed E-state index contributed by atoms with van der Waals surface area (Å²) >= 11 is 11.8. The molecule has 1 unspecified atom stereocenters. The molecule has 2 nitrogen and oxygen atoms in total. The zero-order valence-corrected chi connectivity index (χ0v) is 12.4. The van der Waals surface area contributed by atoms with Crippen LogP contribution in [0.4, 0.5) is 4.39 Å². The van der Waals surface area contributed by atoms with Crippen molar-refractivity contribution in [1.82, 2.24) is 5.32 Å². The highest BCUT2D eigenvalue weighted by atomic mass is 35.5. The first-order valence-electron chi connectivity index (χ1n) is 6.44. The van der Waals surface area contributed by atoms with E-state index in [9.17, 15) is 9.50 Å². The lowest BCUT2D eigenvalue weighted by molar-refractivity contribution is 0.133. The van der Waals surface area contributed by atoms with E-state index in [0.29, 0.717) is 17.5 Å². The summed E-state index contributed by atoms with van der Waals surface area (Å²) < 4.78 is 13.1. The van der Waals surface area contributed by atoms with Crippen molar-refractivity contribution in [2.45, 2.75) is 32.3 Å². The minimum atomic E-state index is -0.829. The normalized spacial score (nSPS) is 19.0. The van der Waals surface area contributed by atoms with Gasteiger partial charge in [0.15, 0.2) is 0 Å². The minimum Gasteiger partial charge on any atom is -0.387 e. The fraction of sp³-hybridized carbons (Fsp3) is 0.571. The Kier molecular flexibility index (Phi) is 4.72. The highest BCUT2D eigenvalue weighted by Crippen LogP contribution is 2.39. The van der Waals surface area contributed by atoms with Crippen LogP contribution in [0.3, 0.4) is 0 Å². The zero-order chi connectivity index (χ0) is 14.0. The molecule has 1 aromatic rings. The number of hydrogen-bond donors (Lipinski definition) is 2. The van der Waals surface area contributed by atoms with Crippen LogP contribution in [0.25, 0.3) is 0 Å². The molecule has 0 amide bonds. The second kappa shape index (κ2) is 5.96. The molecule has 0 spiro atoms. The third kappa shape index (κ3) is 3.60. The summed E-state index contributed by atoms with van der Waals surface area (Å²) in [6, 6.07) is 2.33. The summed E-state index contributed by atoms with van der Waals surface area (Å²) in [5, 5.41) is 13.7. The average molecular weight is 306 g/mol. The summed E-state index contributed by atoms with van der Waals surface area (Å²) in [5.74, 6) is -0.499. The molecular weight excluding hydrogens is 288 g/mol. The van der Waals surface area contributed by atoms with Gasteiger partial charge in [-0.2, -0.15) is 0 Å². The van der Waals surface area contributed by atoms with Crippen LogP contribution in [-0.2, 0) is 0 Å². The SMILES string of the molecule is CC1(CNCC(O)c2c(Cl)cc(F)cc2Cl)CCC1. The maximum Gasteiger partial charge on any atom is 0.126 e. The number of halogens is 3. The lowest BCUT2D eigenvalue weighted by atomic mass is 9.70. The first-order valence-corrected chi connectivity index (χ1v) is 7.20. The Morgan fingerprint density at radius 3 is 2.42 bits per heavy atom. The first kappa shape index (κ1) is 15.0. The van der Waals surface area contributed by atoms with Crippen LogP contribution in [-0.4, -0.2) is 18.2 Å². The van der Waals surface area contributed by atoms with Crippen LogP contribution in [0.5, 0.6) is 0 Å². The van der Waals surface area contributed by atoms with E-state index < -0.39 is 11.9 Å².